The van der Waals surface area contributed by atoms with E-state index >= 15 is 0 Å². The summed E-state index contributed by atoms with van der Waals surface area (Å²) in [4.78, 5) is 25.8. The molecule has 0 atom stereocenters. The van der Waals surface area contributed by atoms with Gasteiger partial charge in [-0.2, -0.15) is 12.6 Å². The Hall–Kier alpha value is -1.82. The summed E-state index contributed by atoms with van der Waals surface area (Å²) in [6.45, 7) is 0.400. The highest BCUT2D eigenvalue weighted by atomic mass is 32.1. The van der Waals surface area contributed by atoms with Crippen LogP contribution in [-0.4, -0.2) is 23.2 Å². The molecular formula is C12H11FN2O2S. The third-order valence-electron chi connectivity index (χ3n) is 2.45. The van der Waals surface area contributed by atoms with Crippen LogP contribution in [0, 0.1) is 5.82 Å². The molecule has 0 spiro atoms. The van der Waals surface area contributed by atoms with Crippen LogP contribution in [0.25, 0.3) is 10.9 Å². The number of nitrogens with one attached hydrogen (secondary N) is 2. The van der Waals surface area contributed by atoms with Gasteiger partial charge in [-0.15, -0.1) is 0 Å². The standard InChI is InChI=1S/C12H11FN2O2S/c13-7-1-2-8-9(12(17)14-3-4-18)6-11(16)15-10(8)5-7/h1-2,5-6,18H,3-4H2,(H,14,17)(H,15,16). The van der Waals surface area contributed by atoms with Gasteiger partial charge in [-0.1, -0.05) is 0 Å². The van der Waals surface area contributed by atoms with Gasteiger partial charge in [-0.3, -0.25) is 9.59 Å². The summed E-state index contributed by atoms with van der Waals surface area (Å²) in [5.41, 5.74) is 0.0955. The van der Waals surface area contributed by atoms with Gasteiger partial charge < -0.3 is 10.3 Å². The fourth-order valence-corrected chi connectivity index (χ4v) is 1.80. The lowest BCUT2D eigenvalue weighted by Gasteiger charge is -2.06. The minimum absolute atomic E-state index is 0.232. The van der Waals surface area contributed by atoms with E-state index in [2.05, 4.69) is 22.9 Å². The average molecular weight is 266 g/mol. The average Bonchev–Trinajstić information content (AvgIpc) is 2.34. The van der Waals surface area contributed by atoms with Crippen LogP contribution in [-0.2, 0) is 0 Å². The van der Waals surface area contributed by atoms with Crippen LogP contribution in [0.2, 0.25) is 0 Å². The highest BCUT2D eigenvalue weighted by Gasteiger charge is 2.11. The Bertz CT molecular complexity index is 654. The third kappa shape index (κ3) is 2.53. The molecule has 0 fully saturated rings. The van der Waals surface area contributed by atoms with E-state index in [4.69, 9.17) is 0 Å². The van der Waals surface area contributed by atoms with Crippen molar-refractivity contribution in [1.29, 1.82) is 0 Å². The summed E-state index contributed by atoms with van der Waals surface area (Å²) in [7, 11) is 0. The molecule has 0 aliphatic rings. The van der Waals surface area contributed by atoms with Crippen LogP contribution in [0.4, 0.5) is 4.39 Å². The second-order valence-electron chi connectivity index (χ2n) is 3.72. The Labute approximate surface area is 108 Å². The lowest BCUT2D eigenvalue weighted by Crippen LogP contribution is -2.26. The molecule has 0 radical (unpaired) electrons. The third-order valence-corrected chi connectivity index (χ3v) is 2.67. The minimum atomic E-state index is -0.467. The van der Waals surface area contributed by atoms with Crippen LogP contribution >= 0.6 is 12.6 Å². The topological polar surface area (TPSA) is 62.0 Å². The van der Waals surface area contributed by atoms with Crippen molar-refractivity contribution < 1.29 is 9.18 Å². The fraction of sp³-hybridized carbons (Fsp3) is 0.167. The molecule has 6 heteroatoms. The van der Waals surface area contributed by atoms with Crippen LogP contribution < -0.4 is 10.9 Å². The molecule has 94 valence electrons. The molecule has 2 aromatic rings. The number of hydrogen-bond acceptors (Lipinski definition) is 3. The number of thiol groups is 1. The number of rotatable bonds is 3. The monoisotopic (exact) mass is 266 g/mol. The van der Waals surface area contributed by atoms with Crippen molar-refractivity contribution in [3.8, 4) is 0 Å². The van der Waals surface area contributed by atoms with Crippen molar-refractivity contribution in [2.75, 3.05) is 12.3 Å². The van der Waals surface area contributed by atoms with E-state index in [0.29, 0.717) is 23.2 Å². The normalized spacial score (nSPS) is 10.6. The molecule has 2 rings (SSSR count). The van der Waals surface area contributed by atoms with Gasteiger partial charge in [0.2, 0.25) is 5.56 Å². The van der Waals surface area contributed by atoms with E-state index in [-0.39, 0.29) is 11.5 Å². The number of hydrogen-bond donors (Lipinski definition) is 3. The number of carbonyl (C=O) groups excluding carboxylic acids is 1. The highest BCUT2D eigenvalue weighted by molar-refractivity contribution is 7.80. The molecule has 0 unspecified atom stereocenters. The van der Waals surface area contributed by atoms with Crippen LogP contribution in [0.3, 0.4) is 0 Å². The van der Waals surface area contributed by atoms with Crippen molar-refractivity contribution in [3.05, 3.63) is 46.0 Å². The van der Waals surface area contributed by atoms with E-state index < -0.39 is 11.4 Å². The molecule has 1 amide bonds. The number of aromatic amines is 1. The van der Waals surface area contributed by atoms with Crippen molar-refractivity contribution in [2.24, 2.45) is 0 Å². The zero-order valence-electron chi connectivity index (χ0n) is 9.37. The highest BCUT2D eigenvalue weighted by Crippen LogP contribution is 2.16. The second kappa shape index (κ2) is 5.22. The Morgan fingerprint density at radius 2 is 2.17 bits per heavy atom. The number of amides is 1. The number of pyridine rings is 1. The predicted molar refractivity (Wildman–Crippen MR) is 70.7 cm³/mol. The number of fused-ring (bicyclic) bond motifs is 1. The maximum absolute atomic E-state index is 13.1. The molecule has 1 heterocycles. The number of benzene rings is 1. The first-order chi connectivity index (χ1) is 8.61. The summed E-state index contributed by atoms with van der Waals surface area (Å²) in [6.07, 6.45) is 0. The first kappa shape index (κ1) is 12.6. The van der Waals surface area contributed by atoms with Gasteiger partial charge in [0.15, 0.2) is 0 Å². The van der Waals surface area contributed by atoms with Gasteiger partial charge >= 0.3 is 0 Å². The first-order valence-corrected chi connectivity index (χ1v) is 5.96. The number of halogens is 1. The molecule has 0 bridgehead atoms. The molecule has 0 saturated heterocycles. The largest absolute Gasteiger partial charge is 0.351 e. The molecule has 18 heavy (non-hydrogen) atoms. The Kier molecular flexibility index (Phi) is 3.66. The Morgan fingerprint density at radius 1 is 1.39 bits per heavy atom. The molecular weight excluding hydrogens is 255 g/mol. The van der Waals surface area contributed by atoms with Gasteiger partial charge in [-0.05, 0) is 18.2 Å². The Morgan fingerprint density at radius 3 is 2.89 bits per heavy atom. The predicted octanol–water partition coefficient (Wildman–Crippen LogP) is 1.33. The summed E-state index contributed by atoms with van der Waals surface area (Å²) < 4.78 is 13.1. The van der Waals surface area contributed by atoms with Crippen molar-refractivity contribution >= 4 is 29.4 Å². The van der Waals surface area contributed by atoms with Gasteiger partial charge in [0.1, 0.15) is 5.82 Å². The summed E-state index contributed by atoms with van der Waals surface area (Å²) >= 11 is 3.98. The van der Waals surface area contributed by atoms with Crippen molar-refractivity contribution in [3.63, 3.8) is 0 Å². The van der Waals surface area contributed by atoms with E-state index in [1.54, 1.807) is 0 Å². The maximum atomic E-state index is 13.1. The first-order valence-electron chi connectivity index (χ1n) is 5.33. The van der Waals surface area contributed by atoms with Gasteiger partial charge in [0.25, 0.3) is 5.91 Å². The summed E-state index contributed by atoms with van der Waals surface area (Å²) in [6, 6.07) is 5.10. The van der Waals surface area contributed by atoms with E-state index in [1.807, 2.05) is 0 Å². The SMILES string of the molecule is O=C(NCCS)c1cc(=O)[nH]c2cc(F)ccc12. The summed E-state index contributed by atoms with van der Waals surface area (Å²) in [5, 5.41) is 3.13. The van der Waals surface area contributed by atoms with Crippen LogP contribution in [0.5, 0.6) is 0 Å². The van der Waals surface area contributed by atoms with Crippen LogP contribution in [0.15, 0.2) is 29.1 Å². The van der Waals surface area contributed by atoms with E-state index in [0.717, 1.165) is 0 Å². The second-order valence-corrected chi connectivity index (χ2v) is 4.16. The Balaban J connectivity index is 2.56. The zero-order valence-corrected chi connectivity index (χ0v) is 10.3. The summed E-state index contributed by atoms with van der Waals surface area (Å²) in [5.74, 6) is -0.334. The quantitative estimate of drug-likeness (QED) is 0.734. The van der Waals surface area contributed by atoms with Gasteiger partial charge in [0.05, 0.1) is 11.1 Å². The minimum Gasteiger partial charge on any atom is -0.351 e. The smallest absolute Gasteiger partial charge is 0.252 e. The molecule has 1 aromatic carbocycles. The maximum Gasteiger partial charge on any atom is 0.252 e. The van der Waals surface area contributed by atoms with E-state index in [1.165, 1.54) is 24.3 Å². The van der Waals surface area contributed by atoms with Crippen LogP contribution in [0.1, 0.15) is 10.4 Å². The molecule has 0 saturated carbocycles. The van der Waals surface area contributed by atoms with Gasteiger partial charge in [0, 0.05) is 23.8 Å². The number of aromatic nitrogens is 1. The molecule has 2 N–H and O–H groups in total. The molecule has 1 aromatic heterocycles. The number of H-pyrrole nitrogens is 1. The molecule has 0 aliphatic carbocycles. The lowest BCUT2D eigenvalue weighted by atomic mass is 10.1. The zero-order chi connectivity index (χ0) is 13.1. The van der Waals surface area contributed by atoms with Crippen molar-refractivity contribution in [2.45, 2.75) is 0 Å². The lowest BCUT2D eigenvalue weighted by molar-refractivity contribution is 0.0957. The molecule has 4 nitrogen and oxygen atoms in total. The van der Waals surface area contributed by atoms with Crippen molar-refractivity contribution in [1.82, 2.24) is 10.3 Å². The van der Waals surface area contributed by atoms with Gasteiger partial charge in [-0.25, -0.2) is 4.39 Å². The number of carbonyl (C=O) groups is 1. The fourth-order valence-electron chi connectivity index (χ4n) is 1.68. The van der Waals surface area contributed by atoms with E-state index in [9.17, 15) is 14.0 Å². The molecule has 0 aliphatic heterocycles.